The molecule has 0 aliphatic rings. The highest BCUT2D eigenvalue weighted by molar-refractivity contribution is 7.89. The predicted molar refractivity (Wildman–Crippen MR) is 67.3 cm³/mol. The molecule has 0 aromatic heterocycles. The second-order valence-corrected chi connectivity index (χ2v) is 6.76. The molecular weight excluding hydrogens is 262 g/mol. The lowest BCUT2D eigenvalue weighted by atomic mass is 10.2. The van der Waals surface area contributed by atoms with Gasteiger partial charge in [-0.1, -0.05) is 22.6 Å². The topological polar surface area (TPSA) is 55.4 Å². The molecule has 1 N–H and O–H groups in total. The first kappa shape index (κ1) is 14.4. The van der Waals surface area contributed by atoms with E-state index in [1.54, 1.807) is 32.9 Å². The molecule has 1 aromatic rings. The van der Waals surface area contributed by atoms with Crippen LogP contribution in [0.4, 0.5) is 0 Å². The smallest absolute Gasteiger partial charge is 0.263 e. The van der Waals surface area contributed by atoms with Crippen LogP contribution in [0.3, 0.4) is 0 Å². The Labute approximate surface area is 107 Å². The van der Waals surface area contributed by atoms with Crippen LogP contribution in [-0.4, -0.2) is 14.0 Å². The van der Waals surface area contributed by atoms with E-state index in [-0.39, 0.29) is 9.92 Å². The van der Waals surface area contributed by atoms with Gasteiger partial charge in [-0.15, -0.1) is 0 Å². The molecule has 0 radical (unpaired) electrons. The zero-order valence-electron chi connectivity index (χ0n) is 10.2. The standard InChI is InChI=1S/C11H16ClNO3S/c1-8-5-6-10(9(12)7-8)17(14,15)13-16-11(2,3)4/h5-7,13H,1-4H3. The van der Waals surface area contributed by atoms with Crippen LogP contribution in [0.5, 0.6) is 0 Å². The van der Waals surface area contributed by atoms with Crippen LogP contribution in [0.25, 0.3) is 0 Å². The summed E-state index contributed by atoms with van der Waals surface area (Å²) >= 11 is 5.89. The predicted octanol–water partition coefficient (Wildman–Crippen LogP) is 2.66. The van der Waals surface area contributed by atoms with Crippen molar-refractivity contribution >= 4 is 21.6 Å². The molecule has 96 valence electrons. The highest BCUT2D eigenvalue weighted by atomic mass is 35.5. The van der Waals surface area contributed by atoms with Crippen molar-refractivity contribution in [3.63, 3.8) is 0 Å². The molecule has 0 fully saturated rings. The van der Waals surface area contributed by atoms with Crippen LogP contribution >= 0.6 is 11.6 Å². The number of sulfonamides is 1. The van der Waals surface area contributed by atoms with Gasteiger partial charge in [0.05, 0.1) is 10.6 Å². The molecule has 0 amide bonds. The van der Waals surface area contributed by atoms with Crippen molar-refractivity contribution in [2.75, 3.05) is 0 Å². The molecule has 0 spiro atoms. The normalized spacial score (nSPS) is 12.8. The monoisotopic (exact) mass is 277 g/mol. The molecule has 0 aliphatic carbocycles. The van der Waals surface area contributed by atoms with Gasteiger partial charge in [-0.3, -0.25) is 4.84 Å². The van der Waals surface area contributed by atoms with E-state index >= 15 is 0 Å². The Bertz CT molecular complexity index is 506. The van der Waals surface area contributed by atoms with E-state index in [2.05, 4.69) is 4.89 Å². The zero-order chi connectivity index (χ0) is 13.3. The van der Waals surface area contributed by atoms with Gasteiger partial charge in [-0.25, -0.2) is 8.42 Å². The molecule has 0 bridgehead atoms. The first-order chi connectivity index (χ1) is 7.62. The summed E-state index contributed by atoms with van der Waals surface area (Å²) in [7, 11) is -3.75. The Hall–Kier alpha value is -0.620. The first-order valence-electron chi connectivity index (χ1n) is 5.08. The van der Waals surface area contributed by atoms with Crippen LogP contribution in [0.15, 0.2) is 23.1 Å². The van der Waals surface area contributed by atoms with Crippen molar-refractivity contribution in [1.82, 2.24) is 4.89 Å². The molecule has 1 rings (SSSR count). The summed E-state index contributed by atoms with van der Waals surface area (Å²) in [6, 6.07) is 4.72. The van der Waals surface area contributed by atoms with Crippen LogP contribution in [0.1, 0.15) is 26.3 Å². The summed E-state index contributed by atoms with van der Waals surface area (Å²) in [5.41, 5.74) is 0.287. The Balaban J connectivity index is 2.98. The summed E-state index contributed by atoms with van der Waals surface area (Å²) in [4.78, 5) is 7.11. The number of halogens is 1. The van der Waals surface area contributed by atoms with Crippen molar-refractivity contribution in [2.24, 2.45) is 0 Å². The van der Waals surface area contributed by atoms with E-state index in [0.29, 0.717) is 0 Å². The molecule has 0 aliphatic heterocycles. The lowest BCUT2D eigenvalue weighted by molar-refractivity contribution is -0.0357. The fraction of sp³-hybridized carbons (Fsp3) is 0.455. The Morgan fingerprint density at radius 1 is 1.29 bits per heavy atom. The van der Waals surface area contributed by atoms with Gasteiger partial charge in [0.25, 0.3) is 10.0 Å². The molecule has 6 heteroatoms. The minimum absolute atomic E-state index is 0.00835. The first-order valence-corrected chi connectivity index (χ1v) is 6.94. The molecule has 4 nitrogen and oxygen atoms in total. The third-order valence-corrected chi connectivity index (χ3v) is 3.50. The molecule has 0 saturated carbocycles. The Morgan fingerprint density at radius 3 is 2.35 bits per heavy atom. The number of benzene rings is 1. The molecular formula is C11H16ClNO3S. The van der Waals surface area contributed by atoms with E-state index < -0.39 is 15.6 Å². The summed E-state index contributed by atoms with van der Waals surface area (Å²) in [5, 5.41) is 0.176. The third kappa shape index (κ3) is 4.27. The maximum absolute atomic E-state index is 11.9. The average molecular weight is 278 g/mol. The van der Waals surface area contributed by atoms with Crippen molar-refractivity contribution in [3.05, 3.63) is 28.8 Å². The van der Waals surface area contributed by atoms with Gasteiger partial charge in [-0.2, -0.15) is 0 Å². The van der Waals surface area contributed by atoms with E-state index in [1.165, 1.54) is 6.07 Å². The van der Waals surface area contributed by atoms with E-state index in [4.69, 9.17) is 16.4 Å². The SMILES string of the molecule is Cc1ccc(S(=O)(=O)NOC(C)(C)C)c(Cl)c1. The maximum atomic E-state index is 11.9. The van der Waals surface area contributed by atoms with E-state index in [9.17, 15) is 8.42 Å². The van der Waals surface area contributed by atoms with Crippen LogP contribution in [0, 0.1) is 6.92 Å². The lowest BCUT2D eigenvalue weighted by Crippen LogP contribution is -2.33. The van der Waals surface area contributed by atoms with Crippen LogP contribution < -0.4 is 4.89 Å². The molecule has 17 heavy (non-hydrogen) atoms. The molecule has 0 heterocycles. The summed E-state index contributed by atoms with van der Waals surface area (Å²) in [6.07, 6.45) is 0. The minimum atomic E-state index is -3.75. The van der Waals surface area contributed by atoms with Crippen molar-refractivity contribution < 1.29 is 13.3 Å². The van der Waals surface area contributed by atoms with Crippen molar-refractivity contribution in [3.8, 4) is 0 Å². The van der Waals surface area contributed by atoms with Gasteiger partial charge in [0.15, 0.2) is 0 Å². The van der Waals surface area contributed by atoms with Gasteiger partial charge >= 0.3 is 0 Å². The number of rotatable bonds is 3. The number of aryl methyl sites for hydroxylation is 1. The van der Waals surface area contributed by atoms with Crippen molar-refractivity contribution in [1.29, 1.82) is 0 Å². The molecule has 1 aromatic carbocycles. The van der Waals surface area contributed by atoms with Gasteiger partial charge < -0.3 is 0 Å². The fourth-order valence-corrected chi connectivity index (χ4v) is 2.60. The Morgan fingerprint density at radius 2 is 1.88 bits per heavy atom. The third-order valence-electron chi connectivity index (χ3n) is 1.83. The highest BCUT2D eigenvalue weighted by Gasteiger charge is 2.21. The van der Waals surface area contributed by atoms with Crippen LogP contribution in [0.2, 0.25) is 5.02 Å². The molecule has 0 unspecified atom stereocenters. The minimum Gasteiger partial charge on any atom is -0.281 e. The number of hydrogen-bond donors (Lipinski definition) is 1. The summed E-state index contributed by atoms with van der Waals surface area (Å²) in [5.74, 6) is 0. The second kappa shape index (κ2) is 4.94. The summed E-state index contributed by atoms with van der Waals surface area (Å²) in [6.45, 7) is 7.06. The maximum Gasteiger partial charge on any atom is 0.263 e. The average Bonchev–Trinajstić information content (AvgIpc) is 2.13. The fourth-order valence-electron chi connectivity index (χ4n) is 1.05. The van der Waals surface area contributed by atoms with Gasteiger partial charge in [-0.05, 0) is 45.4 Å². The Kier molecular flexibility index (Phi) is 4.19. The van der Waals surface area contributed by atoms with Crippen molar-refractivity contribution in [2.45, 2.75) is 38.2 Å². The second-order valence-electron chi connectivity index (χ2n) is 4.74. The summed E-state index contributed by atoms with van der Waals surface area (Å²) < 4.78 is 23.8. The molecule has 0 atom stereocenters. The molecule has 0 saturated heterocycles. The van der Waals surface area contributed by atoms with E-state index in [0.717, 1.165) is 5.56 Å². The highest BCUT2D eigenvalue weighted by Crippen LogP contribution is 2.22. The quantitative estimate of drug-likeness (QED) is 0.864. The van der Waals surface area contributed by atoms with E-state index in [1.807, 2.05) is 6.92 Å². The van der Waals surface area contributed by atoms with Gasteiger partial charge in [0.2, 0.25) is 0 Å². The lowest BCUT2D eigenvalue weighted by Gasteiger charge is -2.19. The zero-order valence-corrected chi connectivity index (χ0v) is 11.8. The van der Waals surface area contributed by atoms with Gasteiger partial charge in [0, 0.05) is 0 Å². The van der Waals surface area contributed by atoms with Crippen LogP contribution in [-0.2, 0) is 14.9 Å². The van der Waals surface area contributed by atoms with Gasteiger partial charge in [0.1, 0.15) is 4.90 Å². The number of hydrogen-bond acceptors (Lipinski definition) is 3. The number of nitrogens with one attached hydrogen (secondary N) is 1. The largest absolute Gasteiger partial charge is 0.281 e.